The molecule has 0 bridgehead atoms. The van der Waals surface area contributed by atoms with E-state index >= 15 is 0 Å². The van der Waals surface area contributed by atoms with E-state index in [-0.39, 0.29) is 11.3 Å². The SMILES string of the molecule is Cc1nc(NCC2CC2)nc2c1COC[C@@]21CCN(C(=O)CC(C)C)C1. The van der Waals surface area contributed by atoms with Crippen molar-refractivity contribution in [3.8, 4) is 0 Å². The van der Waals surface area contributed by atoms with Crippen LogP contribution >= 0.6 is 0 Å². The number of anilines is 1. The van der Waals surface area contributed by atoms with Gasteiger partial charge in [-0.25, -0.2) is 9.97 Å². The number of nitrogens with one attached hydrogen (secondary N) is 1. The molecule has 142 valence electrons. The Kier molecular flexibility index (Phi) is 4.63. The van der Waals surface area contributed by atoms with Crippen molar-refractivity contribution in [1.82, 2.24) is 14.9 Å². The van der Waals surface area contributed by atoms with Crippen molar-refractivity contribution in [2.75, 3.05) is 31.6 Å². The van der Waals surface area contributed by atoms with Gasteiger partial charge in [0.25, 0.3) is 0 Å². The second kappa shape index (κ2) is 6.80. The summed E-state index contributed by atoms with van der Waals surface area (Å²) in [7, 11) is 0. The molecule has 2 aliphatic heterocycles. The molecule has 1 aromatic heterocycles. The second-order valence-electron chi connectivity index (χ2n) is 8.72. The highest BCUT2D eigenvalue weighted by Gasteiger charge is 2.46. The Labute approximate surface area is 155 Å². The summed E-state index contributed by atoms with van der Waals surface area (Å²) in [5.74, 6) is 2.16. The molecule has 26 heavy (non-hydrogen) atoms. The third-order valence-corrected chi connectivity index (χ3v) is 5.88. The van der Waals surface area contributed by atoms with Crippen LogP contribution in [-0.2, 0) is 21.6 Å². The van der Waals surface area contributed by atoms with Gasteiger partial charge in [0.15, 0.2) is 0 Å². The third-order valence-electron chi connectivity index (χ3n) is 5.88. The number of ether oxygens (including phenoxy) is 1. The summed E-state index contributed by atoms with van der Waals surface area (Å²) in [4.78, 5) is 24.1. The molecule has 1 atom stereocenters. The number of carbonyl (C=O) groups is 1. The maximum atomic E-state index is 12.6. The van der Waals surface area contributed by atoms with Crippen LogP contribution < -0.4 is 5.32 Å². The van der Waals surface area contributed by atoms with E-state index in [1.54, 1.807) is 0 Å². The van der Waals surface area contributed by atoms with Gasteiger partial charge < -0.3 is 15.0 Å². The number of carbonyl (C=O) groups excluding carboxylic acids is 1. The lowest BCUT2D eigenvalue weighted by atomic mass is 9.80. The molecule has 1 aromatic rings. The Morgan fingerprint density at radius 1 is 1.38 bits per heavy atom. The Hall–Kier alpha value is -1.69. The molecular weight excluding hydrogens is 328 g/mol. The van der Waals surface area contributed by atoms with Crippen molar-refractivity contribution in [2.45, 2.75) is 58.5 Å². The monoisotopic (exact) mass is 358 g/mol. The highest BCUT2D eigenvalue weighted by atomic mass is 16.5. The van der Waals surface area contributed by atoms with E-state index in [0.717, 1.165) is 48.3 Å². The maximum absolute atomic E-state index is 12.6. The number of likely N-dealkylation sites (tertiary alicyclic amines) is 1. The summed E-state index contributed by atoms with van der Waals surface area (Å²) in [5.41, 5.74) is 3.05. The van der Waals surface area contributed by atoms with Crippen LogP contribution in [0.4, 0.5) is 5.95 Å². The van der Waals surface area contributed by atoms with Crippen LogP contribution in [0.25, 0.3) is 0 Å². The number of rotatable bonds is 5. The summed E-state index contributed by atoms with van der Waals surface area (Å²) >= 11 is 0. The van der Waals surface area contributed by atoms with Crippen LogP contribution in [0, 0.1) is 18.8 Å². The van der Waals surface area contributed by atoms with Gasteiger partial charge in [0.2, 0.25) is 11.9 Å². The van der Waals surface area contributed by atoms with Gasteiger partial charge >= 0.3 is 0 Å². The zero-order chi connectivity index (χ0) is 18.3. The first kappa shape index (κ1) is 17.7. The summed E-state index contributed by atoms with van der Waals surface area (Å²) in [6, 6.07) is 0. The van der Waals surface area contributed by atoms with Crippen molar-refractivity contribution in [2.24, 2.45) is 11.8 Å². The van der Waals surface area contributed by atoms with E-state index in [4.69, 9.17) is 9.72 Å². The first-order valence-corrected chi connectivity index (χ1v) is 9.94. The average molecular weight is 358 g/mol. The fourth-order valence-corrected chi connectivity index (χ4v) is 4.14. The largest absolute Gasteiger partial charge is 0.376 e. The molecule has 0 aromatic carbocycles. The normalized spacial score (nSPS) is 25.0. The smallest absolute Gasteiger partial charge is 0.223 e. The van der Waals surface area contributed by atoms with Crippen LogP contribution in [-0.4, -0.2) is 47.0 Å². The van der Waals surface area contributed by atoms with Crippen molar-refractivity contribution < 1.29 is 9.53 Å². The maximum Gasteiger partial charge on any atom is 0.223 e. The van der Waals surface area contributed by atoms with Gasteiger partial charge in [-0.2, -0.15) is 0 Å². The summed E-state index contributed by atoms with van der Waals surface area (Å²) in [6.45, 7) is 9.92. The number of hydrogen-bond acceptors (Lipinski definition) is 5. The molecule has 3 heterocycles. The van der Waals surface area contributed by atoms with E-state index in [0.29, 0.717) is 32.1 Å². The number of hydrogen-bond donors (Lipinski definition) is 1. The van der Waals surface area contributed by atoms with Crippen molar-refractivity contribution >= 4 is 11.9 Å². The predicted octanol–water partition coefficient (Wildman–Crippen LogP) is 2.65. The van der Waals surface area contributed by atoms with Gasteiger partial charge in [0, 0.05) is 37.3 Å². The van der Waals surface area contributed by atoms with Gasteiger partial charge in [-0.1, -0.05) is 13.8 Å². The van der Waals surface area contributed by atoms with Gasteiger partial charge in [0.05, 0.1) is 24.3 Å². The van der Waals surface area contributed by atoms with Crippen LogP contribution in [0.5, 0.6) is 0 Å². The molecule has 6 nitrogen and oxygen atoms in total. The predicted molar refractivity (Wildman–Crippen MR) is 100.0 cm³/mol. The van der Waals surface area contributed by atoms with Gasteiger partial charge in [0.1, 0.15) is 0 Å². The fourth-order valence-electron chi connectivity index (χ4n) is 4.14. The molecule has 1 aliphatic carbocycles. The van der Waals surface area contributed by atoms with E-state index in [1.807, 2.05) is 11.8 Å². The molecule has 4 rings (SSSR count). The van der Waals surface area contributed by atoms with Gasteiger partial charge in [-0.15, -0.1) is 0 Å². The standard InChI is InChI=1S/C20H30N4O2/c1-13(2)8-17(25)24-7-6-20(11-24)12-26-10-16-14(3)22-19(23-18(16)20)21-9-15-4-5-15/h13,15H,4-12H2,1-3H3,(H,21,22,23)/t20-/m0/s1. The van der Waals surface area contributed by atoms with Crippen molar-refractivity contribution in [3.05, 3.63) is 17.0 Å². The topological polar surface area (TPSA) is 67.4 Å². The highest BCUT2D eigenvalue weighted by molar-refractivity contribution is 5.77. The second-order valence-corrected chi connectivity index (χ2v) is 8.72. The van der Waals surface area contributed by atoms with Crippen LogP contribution in [0.2, 0.25) is 0 Å². The van der Waals surface area contributed by atoms with Crippen molar-refractivity contribution in [3.63, 3.8) is 0 Å². The molecule has 0 radical (unpaired) electrons. The quantitative estimate of drug-likeness (QED) is 0.876. The first-order valence-electron chi connectivity index (χ1n) is 9.94. The molecule has 1 saturated heterocycles. The highest BCUT2D eigenvalue weighted by Crippen LogP contribution is 2.40. The minimum absolute atomic E-state index is 0.177. The van der Waals surface area contributed by atoms with E-state index in [9.17, 15) is 4.79 Å². The van der Waals surface area contributed by atoms with Crippen molar-refractivity contribution in [1.29, 1.82) is 0 Å². The minimum atomic E-state index is -0.177. The number of fused-ring (bicyclic) bond motifs is 2. The third kappa shape index (κ3) is 3.43. The number of amides is 1. The average Bonchev–Trinajstić information content (AvgIpc) is 3.33. The molecule has 1 spiro atoms. The Balaban J connectivity index is 1.58. The van der Waals surface area contributed by atoms with Gasteiger partial charge in [-0.3, -0.25) is 4.79 Å². The minimum Gasteiger partial charge on any atom is -0.376 e. The fraction of sp³-hybridized carbons (Fsp3) is 0.750. The zero-order valence-electron chi connectivity index (χ0n) is 16.2. The Bertz CT molecular complexity index is 701. The molecule has 0 unspecified atom stereocenters. The molecule has 1 saturated carbocycles. The lowest BCUT2D eigenvalue weighted by molar-refractivity contribution is -0.131. The lowest BCUT2D eigenvalue weighted by Gasteiger charge is -2.35. The number of nitrogens with zero attached hydrogens (tertiary/aromatic N) is 3. The molecule has 1 amide bonds. The summed E-state index contributed by atoms with van der Waals surface area (Å²) < 4.78 is 5.93. The molecule has 3 aliphatic rings. The summed E-state index contributed by atoms with van der Waals surface area (Å²) in [6.07, 6.45) is 4.15. The number of aryl methyl sites for hydroxylation is 1. The summed E-state index contributed by atoms with van der Waals surface area (Å²) in [5, 5.41) is 3.42. The van der Waals surface area contributed by atoms with Gasteiger partial charge in [-0.05, 0) is 38.0 Å². The van der Waals surface area contributed by atoms with E-state index in [1.165, 1.54) is 12.8 Å². The number of aromatic nitrogens is 2. The Morgan fingerprint density at radius 2 is 2.19 bits per heavy atom. The first-order chi connectivity index (χ1) is 12.5. The van der Waals surface area contributed by atoms with Crippen LogP contribution in [0.15, 0.2) is 0 Å². The molecule has 2 fully saturated rings. The lowest BCUT2D eigenvalue weighted by Crippen LogP contribution is -2.42. The van der Waals surface area contributed by atoms with E-state index < -0.39 is 0 Å². The molecular formula is C20H30N4O2. The Morgan fingerprint density at radius 3 is 2.92 bits per heavy atom. The van der Waals surface area contributed by atoms with Crippen LogP contribution in [0.1, 0.15) is 56.5 Å². The van der Waals surface area contributed by atoms with E-state index in [2.05, 4.69) is 24.1 Å². The zero-order valence-corrected chi connectivity index (χ0v) is 16.2. The molecule has 6 heteroatoms. The van der Waals surface area contributed by atoms with Crippen LogP contribution in [0.3, 0.4) is 0 Å². The molecule has 1 N–H and O–H groups in total.